The van der Waals surface area contributed by atoms with E-state index in [-0.39, 0.29) is 5.43 Å². The SMILES string of the molecule is Nc1ccc2c(=O)c3c(sc2c1)C(=C=O)CC=C3. The van der Waals surface area contributed by atoms with Crippen LogP contribution in [0.4, 0.5) is 5.69 Å². The third-order valence-electron chi connectivity index (χ3n) is 2.96. The number of hydrogen-bond donors (Lipinski definition) is 1. The van der Waals surface area contributed by atoms with Crippen LogP contribution in [-0.2, 0) is 4.79 Å². The van der Waals surface area contributed by atoms with E-state index in [9.17, 15) is 9.59 Å². The summed E-state index contributed by atoms with van der Waals surface area (Å²) in [5.74, 6) is 1.92. The molecular weight excluding hydrogens is 246 g/mol. The fraction of sp³-hybridized carbons (Fsp3) is 0.0714. The number of nitrogen functional groups attached to an aromatic ring is 1. The normalized spacial score (nSPS) is 13.4. The maximum Gasteiger partial charge on any atom is 0.195 e. The van der Waals surface area contributed by atoms with E-state index in [0.717, 1.165) is 9.58 Å². The Hall–Kier alpha value is -2.16. The summed E-state index contributed by atoms with van der Waals surface area (Å²) in [5.41, 5.74) is 7.41. The number of fused-ring (bicyclic) bond motifs is 2. The summed E-state index contributed by atoms with van der Waals surface area (Å²) in [7, 11) is 0. The van der Waals surface area contributed by atoms with Gasteiger partial charge in [-0.3, -0.25) is 4.79 Å². The van der Waals surface area contributed by atoms with Gasteiger partial charge in [0.2, 0.25) is 0 Å². The molecule has 18 heavy (non-hydrogen) atoms. The van der Waals surface area contributed by atoms with Gasteiger partial charge in [-0.15, -0.1) is 11.3 Å². The Bertz CT molecular complexity index is 795. The highest BCUT2D eigenvalue weighted by molar-refractivity contribution is 7.19. The highest BCUT2D eigenvalue weighted by Crippen LogP contribution is 2.33. The van der Waals surface area contributed by atoms with Crippen molar-refractivity contribution in [3.8, 4) is 0 Å². The van der Waals surface area contributed by atoms with Crippen molar-refractivity contribution in [2.45, 2.75) is 6.42 Å². The van der Waals surface area contributed by atoms with Crippen LogP contribution in [0.2, 0.25) is 0 Å². The fourth-order valence-corrected chi connectivity index (χ4v) is 3.28. The molecule has 1 aliphatic rings. The molecular formula is C14H9NO2S. The molecule has 0 amide bonds. The molecule has 1 aromatic heterocycles. The lowest BCUT2D eigenvalue weighted by Crippen LogP contribution is -2.09. The van der Waals surface area contributed by atoms with Crippen LogP contribution in [0.3, 0.4) is 0 Å². The van der Waals surface area contributed by atoms with Gasteiger partial charge in [0, 0.05) is 27.8 Å². The van der Waals surface area contributed by atoms with Crippen molar-refractivity contribution in [1.82, 2.24) is 0 Å². The number of benzene rings is 1. The molecule has 0 saturated heterocycles. The standard InChI is InChI=1S/C14H9NO2S/c15-9-4-5-10-12(6-9)18-14-8(7-16)2-1-3-11(14)13(10)17/h1,3-6H,2,15H2. The largest absolute Gasteiger partial charge is 0.399 e. The summed E-state index contributed by atoms with van der Waals surface area (Å²) >= 11 is 1.42. The molecule has 3 rings (SSSR count). The molecule has 0 radical (unpaired) electrons. The Labute approximate surface area is 107 Å². The number of anilines is 1. The molecule has 88 valence electrons. The van der Waals surface area contributed by atoms with Crippen LogP contribution in [0.5, 0.6) is 0 Å². The molecule has 1 heterocycles. The molecule has 4 heteroatoms. The zero-order valence-electron chi connectivity index (χ0n) is 9.40. The van der Waals surface area contributed by atoms with Crippen molar-refractivity contribution in [3.63, 3.8) is 0 Å². The molecule has 0 bridgehead atoms. The van der Waals surface area contributed by atoms with Crippen molar-refractivity contribution in [2.24, 2.45) is 0 Å². The van der Waals surface area contributed by atoms with E-state index in [4.69, 9.17) is 5.73 Å². The minimum atomic E-state index is -0.0533. The Morgan fingerprint density at radius 2 is 2.17 bits per heavy atom. The van der Waals surface area contributed by atoms with Crippen LogP contribution in [0, 0.1) is 0 Å². The summed E-state index contributed by atoms with van der Waals surface area (Å²) in [5, 5.41) is 0.643. The van der Waals surface area contributed by atoms with Crippen molar-refractivity contribution >= 4 is 44.7 Å². The Balaban J connectivity index is 2.50. The van der Waals surface area contributed by atoms with Gasteiger partial charge in [-0.1, -0.05) is 12.2 Å². The van der Waals surface area contributed by atoms with Gasteiger partial charge in [-0.25, -0.2) is 4.79 Å². The number of carbonyl (C=O) groups excluding carboxylic acids is 1. The Morgan fingerprint density at radius 3 is 2.94 bits per heavy atom. The van der Waals surface area contributed by atoms with Crippen LogP contribution in [0.1, 0.15) is 16.9 Å². The molecule has 0 spiro atoms. The van der Waals surface area contributed by atoms with Crippen LogP contribution in [0.25, 0.3) is 21.7 Å². The van der Waals surface area contributed by atoms with Crippen LogP contribution in [0.15, 0.2) is 29.1 Å². The molecule has 0 saturated carbocycles. The molecule has 1 aliphatic carbocycles. The average molecular weight is 255 g/mol. The Kier molecular flexibility index (Phi) is 2.40. The first-order valence-corrected chi connectivity index (χ1v) is 6.29. The zero-order valence-corrected chi connectivity index (χ0v) is 10.2. The lowest BCUT2D eigenvalue weighted by molar-refractivity contribution is 0.569. The summed E-state index contributed by atoms with van der Waals surface area (Å²) in [4.78, 5) is 24.0. The lowest BCUT2D eigenvalue weighted by Gasteiger charge is -2.11. The Morgan fingerprint density at radius 1 is 1.33 bits per heavy atom. The molecule has 0 fully saturated rings. The van der Waals surface area contributed by atoms with Gasteiger partial charge in [-0.2, -0.15) is 0 Å². The third-order valence-corrected chi connectivity index (χ3v) is 4.18. The molecule has 3 nitrogen and oxygen atoms in total. The minimum absolute atomic E-state index is 0.0533. The predicted molar refractivity (Wildman–Crippen MR) is 75.3 cm³/mol. The highest BCUT2D eigenvalue weighted by Gasteiger charge is 2.17. The molecule has 1 aromatic carbocycles. The van der Waals surface area contributed by atoms with Crippen molar-refractivity contribution in [2.75, 3.05) is 5.73 Å². The molecule has 2 N–H and O–H groups in total. The second-order valence-electron chi connectivity index (χ2n) is 4.12. The van der Waals surface area contributed by atoms with Crippen LogP contribution in [-0.4, -0.2) is 5.94 Å². The van der Waals surface area contributed by atoms with Gasteiger partial charge in [0.1, 0.15) is 5.94 Å². The zero-order chi connectivity index (χ0) is 12.7. The fourth-order valence-electron chi connectivity index (χ4n) is 2.07. The summed E-state index contributed by atoms with van der Waals surface area (Å²) < 4.78 is 0.807. The second kappa shape index (κ2) is 3.95. The quantitative estimate of drug-likeness (QED) is 0.581. The third kappa shape index (κ3) is 1.51. The first kappa shape index (κ1) is 11.0. The van der Waals surface area contributed by atoms with Gasteiger partial charge < -0.3 is 5.73 Å². The van der Waals surface area contributed by atoms with Gasteiger partial charge in [0.15, 0.2) is 5.43 Å². The topological polar surface area (TPSA) is 60.2 Å². The average Bonchev–Trinajstić information content (AvgIpc) is 2.38. The first-order chi connectivity index (χ1) is 8.70. The maximum absolute atomic E-state index is 12.3. The number of nitrogens with two attached hydrogens (primary N) is 1. The van der Waals surface area contributed by atoms with Crippen molar-refractivity contribution in [3.05, 3.63) is 44.9 Å². The van der Waals surface area contributed by atoms with Gasteiger partial charge in [-0.05, 0) is 18.2 Å². The summed E-state index contributed by atoms with van der Waals surface area (Å²) in [6.07, 6.45) is 4.13. The lowest BCUT2D eigenvalue weighted by atomic mass is 10.0. The van der Waals surface area contributed by atoms with E-state index in [1.807, 2.05) is 12.0 Å². The van der Waals surface area contributed by atoms with E-state index in [2.05, 4.69) is 0 Å². The van der Waals surface area contributed by atoms with E-state index < -0.39 is 0 Å². The van der Waals surface area contributed by atoms with E-state index in [0.29, 0.717) is 28.6 Å². The highest BCUT2D eigenvalue weighted by atomic mass is 32.1. The van der Waals surface area contributed by atoms with Gasteiger partial charge >= 0.3 is 0 Å². The summed E-state index contributed by atoms with van der Waals surface area (Å²) in [6.45, 7) is 0. The molecule has 0 aliphatic heterocycles. The first-order valence-electron chi connectivity index (χ1n) is 5.48. The van der Waals surface area contributed by atoms with Crippen molar-refractivity contribution < 1.29 is 4.79 Å². The molecule has 0 atom stereocenters. The van der Waals surface area contributed by atoms with Crippen molar-refractivity contribution in [1.29, 1.82) is 0 Å². The van der Waals surface area contributed by atoms with Gasteiger partial charge in [0.25, 0.3) is 0 Å². The molecule has 2 aromatic rings. The van der Waals surface area contributed by atoms with Crippen LogP contribution >= 0.6 is 11.3 Å². The van der Waals surface area contributed by atoms with Crippen LogP contribution < -0.4 is 11.2 Å². The number of allylic oxidation sites excluding steroid dienone is 2. The number of rotatable bonds is 0. The van der Waals surface area contributed by atoms with Gasteiger partial charge in [0.05, 0.1) is 10.5 Å². The minimum Gasteiger partial charge on any atom is -0.399 e. The second-order valence-corrected chi connectivity index (χ2v) is 5.17. The molecule has 0 unspecified atom stereocenters. The number of hydrogen-bond acceptors (Lipinski definition) is 4. The van der Waals surface area contributed by atoms with E-state index in [1.165, 1.54) is 11.3 Å². The predicted octanol–water partition coefficient (Wildman–Crippen LogP) is 2.48. The van der Waals surface area contributed by atoms with E-state index in [1.54, 1.807) is 24.3 Å². The van der Waals surface area contributed by atoms with E-state index >= 15 is 0 Å². The summed E-state index contributed by atoms with van der Waals surface area (Å²) in [6, 6.07) is 5.21. The maximum atomic E-state index is 12.3. The smallest absolute Gasteiger partial charge is 0.195 e. The monoisotopic (exact) mass is 255 g/mol.